The molecular weight excluding hydrogens is 322 g/mol. The van der Waals surface area contributed by atoms with Crippen molar-refractivity contribution in [2.24, 2.45) is 5.10 Å². The van der Waals surface area contributed by atoms with Crippen LogP contribution in [0.1, 0.15) is 23.6 Å². The van der Waals surface area contributed by atoms with Gasteiger partial charge < -0.3 is 9.52 Å². The van der Waals surface area contributed by atoms with E-state index in [0.29, 0.717) is 21.2 Å². The quantitative estimate of drug-likeness (QED) is 0.570. The van der Waals surface area contributed by atoms with Gasteiger partial charge >= 0.3 is 5.63 Å². The molecule has 2 aromatic heterocycles. The van der Waals surface area contributed by atoms with Gasteiger partial charge in [-0.05, 0) is 31.5 Å². The maximum absolute atomic E-state index is 12.2. The van der Waals surface area contributed by atoms with Gasteiger partial charge in [0.15, 0.2) is 0 Å². The van der Waals surface area contributed by atoms with Crippen LogP contribution in [-0.2, 0) is 0 Å². The summed E-state index contributed by atoms with van der Waals surface area (Å²) in [6, 6.07) is 11.6. The first-order valence-corrected chi connectivity index (χ1v) is 7.37. The smallest absolute Gasteiger partial charge is 0.345 e. The Labute approximate surface area is 141 Å². The van der Waals surface area contributed by atoms with Crippen molar-refractivity contribution in [2.45, 2.75) is 13.8 Å². The highest BCUT2D eigenvalue weighted by Gasteiger charge is 2.14. The van der Waals surface area contributed by atoms with Crippen LogP contribution >= 0.6 is 0 Å². The number of rotatable bonds is 2. The molecule has 0 saturated heterocycles. The fourth-order valence-electron chi connectivity index (χ4n) is 2.46. The number of nitrogens with zero attached hydrogens (tertiary/aromatic N) is 3. The van der Waals surface area contributed by atoms with Crippen LogP contribution in [0.4, 0.5) is 0 Å². The highest BCUT2D eigenvalue weighted by molar-refractivity contribution is 6.00. The first-order chi connectivity index (χ1) is 11.9. The van der Waals surface area contributed by atoms with Crippen molar-refractivity contribution < 1.29 is 9.52 Å². The number of pyridine rings is 1. The number of aromatic nitrogens is 1. The van der Waals surface area contributed by atoms with Gasteiger partial charge in [0.05, 0.1) is 11.3 Å². The molecule has 3 aromatic rings. The molecule has 7 nitrogen and oxygen atoms in total. The van der Waals surface area contributed by atoms with E-state index in [4.69, 9.17) is 9.68 Å². The number of hydrogen-bond acceptors (Lipinski definition) is 6. The van der Waals surface area contributed by atoms with E-state index in [9.17, 15) is 14.7 Å². The first kappa shape index (κ1) is 16.2. The van der Waals surface area contributed by atoms with Crippen molar-refractivity contribution in [2.75, 3.05) is 0 Å². The molecule has 0 unspecified atom stereocenters. The first-order valence-electron chi connectivity index (χ1n) is 7.37. The van der Waals surface area contributed by atoms with Crippen molar-refractivity contribution in [3.05, 3.63) is 73.9 Å². The topological polar surface area (TPSA) is 109 Å². The van der Waals surface area contributed by atoms with Crippen LogP contribution < -0.4 is 11.2 Å². The molecular formula is C18H13N3O4. The third-order valence-corrected chi connectivity index (χ3v) is 3.76. The highest BCUT2D eigenvalue weighted by Crippen LogP contribution is 2.18. The van der Waals surface area contributed by atoms with E-state index in [1.807, 2.05) is 6.07 Å². The van der Waals surface area contributed by atoms with Crippen molar-refractivity contribution in [3.8, 4) is 11.9 Å². The van der Waals surface area contributed by atoms with Gasteiger partial charge in [-0.3, -0.25) is 4.79 Å². The fraction of sp³-hybridized carbons (Fsp3) is 0.111. The van der Waals surface area contributed by atoms with E-state index >= 15 is 0 Å². The summed E-state index contributed by atoms with van der Waals surface area (Å²) in [6.45, 7) is 3.05. The zero-order valence-electron chi connectivity index (χ0n) is 13.5. The Hall–Kier alpha value is -3.66. The molecule has 2 heterocycles. The summed E-state index contributed by atoms with van der Waals surface area (Å²) in [7, 11) is 0. The predicted octanol–water partition coefficient (Wildman–Crippen LogP) is 2.11. The summed E-state index contributed by atoms with van der Waals surface area (Å²) in [5.74, 6) is -0.572. The Bertz CT molecular complexity index is 1180. The van der Waals surface area contributed by atoms with Crippen LogP contribution in [0.15, 0.2) is 55.5 Å². The summed E-state index contributed by atoms with van der Waals surface area (Å²) in [5, 5.41) is 23.9. The zero-order chi connectivity index (χ0) is 18.1. The molecule has 0 aliphatic heterocycles. The second-order valence-electron chi connectivity index (χ2n) is 5.46. The molecule has 124 valence electrons. The second-order valence-corrected chi connectivity index (χ2v) is 5.46. The zero-order valence-corrected chi connectivity index (χ0v) is 13.5. The molecule has 0 bridgehead atoms. The van der Waals surface area contributed by atoms with E-state index in [-0.39, 0.29) is 16.8 Å². The van der Waals surface area contributed by atoms with Gasteiger partial charge in [-0.1, -0.05) is 18.2 Å². The molecule has 0 aliphatic rings. The van der Waals surface area contributed by atoms with Crippen molar-refractivity contribution in [1.29, 1.82) is 5.26 Å². The van der Waals surface area contributed by atoms with Crippen LogP contribution in [0.3, 0.4) is 0 Å². The predicted molar refractivity (Wildman–Crippen MR) is 91.9 cm³/mol. The van der Waals surface area contributed by atoms with Crippen molar-refractivity contribution >= 4 is 16.7 Å². The molecule has 0 radical (unpaired) electrons. The number of fused-ring (bicyclic) bond motifs is 1. The van der Waals surface area contributed by atoms with Gasteiger partial charge in [-0.2, -0.15) is 15.0 Å². The van der Waals surface area contributed by atoms with Gasteiger partial charge in [-0.25, -0.2) is 4.79 Å². The average Bonchev–Trinajstić information content (AvgIpc) is 2.58. The minimum absolute atomic E-state index is 0.0540. The Morgan fingerprint density at radius 2 is 2.00 bits per heavy atom. The number of hydrogen-bond donors (Lipinski definition) is 1. The molecule has 1 N–H and O–H groups in total. The number of para-hydroxylation sites is 1. The van der Waals surface area contributed by atoms with Crippen LogP contribution in [0.25, 0.3) is 11.0 Å². The molecule has 3 rings (SSSR count). The van der Waals surface area contributed by atoms with E-state index in [2.05, 4.69) is 5.10 Å². The molecule has 1 aromatic carbocycles. The Morgan fingerprint density at radius 1 is 1.28 bits per heavy atom. The number of aromatic hydroxyl groups is 1. The van der Waals surface area contributed by atoms with Crippen LogP contribution in [0.5, 0.6) is 5.88 Å². The van der Waals surface area contributed by atoms with E-state index in [0.717, 1.165) is 0 Å². The summed E-state index contributed by atoms with van der Waals surface area (Å²) in [6.07, 6.45) is 0. The Kier molecular flexibility index (Phi) is 3.95. The van der Waals surface area contributed by atoms with Gasteiger partial charge in [0, 0.05) is 11.5 Å². The highest BCUT2D eigenvalue weighted by atomic mass is 16.4. The summed E-state index contributed by atoms with van der Waals surface area (Å²) >= 11 is 0. The monoisotopic (exact) mass is 335 g/mol. The van der Waals surface area contributed by atoms with E-state index in [1.54, 1.807) is 37.3 Å². The largest absolute Gasteiger partial charge is 0.492 e. The van der Waals surface area contributed by atoms with Gasteiger partial charge in [0.1, 0.15) is 17.2 Å². The maximum Gasteiger partial charge on any atom is 0.345 e. The molecule has 0 amide bonds. The number of nitriles is 1. The third-order valence-electron chi connectivity index (χ3n) is 3.76. The lowest BCUT2D eigenvalue weighted by Crippen LogP contribution is -2.20. The van der Waals surface area contributed by atoms with E-state index < -0.39 is 17.1 Å². The van der Waals surface area contributed by atoms with Gasteiger partial charge in [0.2, 0.25) is 5.88 Å². The van der Waals surface area contributed by atoms with Gasteiger partial charge in [0.25, 0.3) is 5.56 Å². The number of benzene rings is 1. The lowest BCUT2D eigenvalue weighted by Gasteiger charge is -2.07. The van der Waals surface area contributed by atoms with Crippen molar-refractivity contribution in [1.82, 2.24) is 4.68 Å². The molecule has 0 spiro atoms. The minimum atomic E-state index is -0.612. The molecule has 0 saturated carbocycles. The molecule has 25 heavy (non-hydrogen) atoms. The number of aryl methyl sites for hydroxylation is 1. The Morgan fingerprint density at radius 3 is 2.72 bits per heavy atom. The normalized spacial score (nSPS) is 11.5. The van der Waals surface area contributed by atoms with E-state index in [1.165, 1.54) is 13.0 Å². The molecule has 0 atom stereocenters. The summed E-state index contributed by atoms with van der Waals surface area (Å²) in [5.41, 5.74) is -0.167. The van der Waals surface area contributed by atoms with Crippen LogP contribution in [0.2, 0.25) is 0 Å². The van der Waals surface area contributed by atoms with Crippen LogP contribution in [0, 0.1) is 18.3 Å². The van der Waals surface area contributed by atoms with Crippen molar-refractivity contribution in [3.63, 3.8) is 0 Å². The van der Waals surface area contributed by atoms with Crippen LogP contribution in [-0.4, -0.2) is 15.5 Å². The fourth-order valence-corrected chi connectivity index (χ4v) is 2.46. The Balaban J connectivity index is 2.22. The summed E-state index contributed by atoms with van der Waals surface area (Å²) in [4.78, 5) is 24.2. The SMILES string of the molecule is C/C(=N\n1c(O)c(C#N)c(C)cc1=O)c1cc2ccccc2oc1=O. The lowest BCUT2D eigenvalue weighted by molar-refractivity contribution is 0.418. The molecule has 0 aliphatic carbocycles. The standard InChI is InChI=1S/C18H13N3O4/c1-10-7-16(22)21(17(23)14(10)9-19)20-11(2)13-8-12-5-3-4-6-15(12)25-18(13)24/h3-8,23H,1-2H3/b20-11+. The minimum Gasteiger partial charge on any atom is -0.492 e. The summed E-state index contributed by atoms with van der Waals surface area (Å²) < 4.78 is 5.93. The second kappa shape index (κ2) is 6.09. The molecule has 7 heteroatoms. The average molecular weight is 335 g/mol. The van der Waals surface area contributed by atoms with Gasteiger partial charge in [-0.15, -0.1) is 0 Å². The maximum atomic E-state index is 12.2. The molecule has 0 fully saturated rings. The third kappa shape index (κ3) is 2.81. The lowest BCUT2D eigenvalue weighted by atomic mass is 10.1.